The number of thiophene rings is 1. The average Bonchev–Trinajstić information content (AvgIpc) is 3.06. The van der Waals surface area contributed by atoms with E-state index < -0.39 is 0 Å². The molecule has 1 saturated heterocycles. The second-order valence-corrected chi connectivity index (χ2v) is 7.46. The summed E-state index contributed by atoms with van der Waals surface area (Å²) >= 11 is 1.47. The third kappa shape index (κ3) is 4.33. The monoisotopic (exact) mass is 360 g/mol. The van der Waals surface area contributed by atoms with Crippen LogP contribution < -0.4 is 10.9 Å². The molecular weight excluding hydrogens is 340 g/mol. The topological polar surface area (TPSA) is 95.2 Å². The van der Waals surface area contributed by atoms with Crippen LogP contribution in [0.5, 0.6) is 0 Å². The van der Waals surface area contributed by atoms with Gasteiger partial charge in [-0.15, -0.1) is 11.3 Å². The Bertz CT molecular complexity index is 809. The number of piperidine rings is 1. The quantitative estimate of drug-likeness (QED) is 0.862. The molecule has 3 heterocycles. The van der Waals surface area contributed by atoms with Gasteiger partial charge in [0.15, 0.2) is 0 Å². The van der Waals surface area contributed by atoms with Crippen LogP contribution in [0.2, 0.25) is 0 Å². The van der Waals surface area contributed by atoms with Crippen molar-refractivity contribution in [2.75, 3.05) is 19.6 Å². The zero-order valence-corrected chi connectivity index (χ0v) is 14.8. The van der Waals surface area contributed by atoms with Crippen LogP contribution in [0.3, 0.4) is 0 Å². The smallest absolute Gasteiger partial charge is 0.273 e. The van der Waals surface area contributed by atoms with Crippen LogP contribution in [0, 0.1) is 12.8 Å². The molecule has 0 spiro atoms. The lowest BCUT2D eigenvalue weighted by Gasteiger charge is -2.32. The van der Waals surface area contributed by atoms with Crippen LogP contribution in [-0.4, -0.2) is 46.3 Å². The van der Waals surface area contributed by atoms with E-state index >= 15 is 0 Å². The van der Waals surface area contributed by atoms with Crippen LogP contribution >= 0.6 is 11.3 Å². The van der Waals surface area contributed by atoms with Gasteiger partial charge in [0.25, 0.3) is 17.4 Å². The van der Waals surface area contributed by atoms with Gasteiger partial charge in [-0.2, -0.15) is 0 Å². The Morgan fingerprint density at radius 3 is 2.96 bits per heavy atom. The van der Waals surface area contributed by atoms with E-state index in [0.29, 0.717) is 24.5 Å². The summed E-state index contributed by atoms with van der Waals surface area (Å²) in [5.74, 6) is -0.0459. The van der Waals surface area contributed by atoms with Gasteiger partial charge < -0.3 is 15.2 Å². The number of H-pyrrole nitrogens is 1. The number of aromatic amines is 1. The maximum Gasteiger partial charge on any atom is 0.273 e. The molecule has 2 amide bonds. The van der Waals surface area contributed by atoms with Crippen LogP contribution in [-0.2, 0) is 0 Å². The molecule has 1 aliphatic heterocycles. The van der Waals surface area contributed by atoms with Crippen molar-refractivity contribution >= 4 is 23.2 Å². The number of hydrogen-bond donors (Lipinski definition) is 2. The summed E-state index contributed by atoms with van der Waals surface area (Å²) in [5.41, 5.74) is -0.0991. The third-order valence-electron chi connectivity index (χ3n) is 4.21. The van der Waals surface area contributed by atoms with E-state index in [-0.39, 0.29) is 29.0 Å². The number of likely N-dealkylation sites (tertiary alicyclic amines) is 1. The summed E-state index contributed by atoms with van der Waals surface area (Å²) in [6, 6.07) is 3.76. The lowest BCUT2D eigenvalue weighted by molar-refractivity contribution is 0.0664. The molecule has 0 bridgehead atoms. The van der Waals surface area contributed by atoms with Crippen LogP contribution in [0.4, 0.5) is 0 Å². The number of aromatic nitrogens is 2. The van der Waals surface area contributed by atoms with E-state index in [4.69, 9.17) is 0 Å². The first-order chi connectivity index (χ1) is 12.0. The molecular formula is C17H20N4O3S. The SMILES string of the molecule is Cc1ccc(C(=O)NCC2CCCN(C(=O)c3c[nH]c(=O)cn3)C2)s1. The second kappa shape index (κ2) is 7.60. The van der Waals surface area contributed by atoms with Crippen molar-refractivity contribution in [3.63, 3.8) is 0 Å². The van der Waals surface area contributed by atoms with Crippen LogP contribution in [0.25, 0.3) is 0 Å². The fourth-order valence-corrected chi connectivity index (χ4v) is 3.70. The predicted molar refractivity (Wildman–Crippen MR) is 94.9 cm³/mol. The fraction of sp³-hybridized carbons (Fsp3) is 0.412. The van der Waals surface area contributed by atoms with E-state index in [1.165, 1.54) is 17.5 Å². The minimum Gasteiger partial charge on any atom is -0.351 e. The first-order valence-electron chi connectivity index (χ1n) is 8.21. The highest BCUT2D eigenvalue weighted by Crippen LogP contribution is 2.18. The predicted octanol–water partition coefficient (Wildman–Crippen LogP) is 1.42. The summed E-state index contributed by atoms with van der Waals surface area (Å²) in [6.45, 7) is 3.74. The molecule has 132 valence electrons. The van der Waals surface area contributed by atoms with Crippen molar-refractivity contribution in [1.29, 1.82) is 0 Å². The number of rotatable bonds is 4. The van der Waals surface area contributed by atoms with Gasteiger partial charge in [0, 0.05) is 30.7 Å². The Kier molecular flexibility index (Phi) is 5.28. The van der Waals surface area contributed by atoms with E-state index in [9.17, 15) is 14.4 Å². The van der Waals surface area contributed by atoms with E-state index in [1.54, 1.807) is 4.90 Å². The van der Waals surface area contributed by atoms with Crippen molar-refractivity contribution in [3.05, 3.63) is 50.3 Å². The molecule has 2 N–H and O–H groups in total. The van der Waals surface area contributed by atoms with Gasteiger partial charge in [-0.3, -0.25) is 14.4 Å². The Morgan fingerprint density at radius 1 is 1.44 bits per heavy atom. The highest BCUT2D eigenvalue weighted by molar-refractivity contribution is 7.13. The normalized spacial score (nSPS) is 17.3. The maximum absolute atomic E-state index is 12.5. The molecule has 1 unspecified atom stereocenters. The number of nitrogens with zero attached hydrogens (tertiary/aromatic N) is 2. The molecule has 8 heteroatoms. The number of nitrogens with one attached hydrogen (secondary N) is 2. The molecule has 1 aliphatic rings. The number of carbonyl (C=O) groups is 2. The lowest BCUT2D eigenvalue weighted by atomic mass is 9.97. The maximum atomic E-state index is 12.5. The molecule has 1 fully saturated rings. The zero-order chi connectivity index (χ0) is 17.8. The summed E-state index contributed by atoms with van der Waals surface area (Å²) in [7, 11) is 0. The van der Waals surface area contributed by atoms with Gasteiger partial charge in [-0.05, 0) is 37.8 Å². The molecule has 0 aliphatic carbocycles. The van der Waals surface area contributed by atoms with E-state index in [1.807, 2.05) is 19.1 Å². The van der Waals surface area contributed by atoms with Gasteiger partial charge in [0.05, 0.1) is 11.1 Å². The Balaban J connectivity index is 1.55. The van der Waals surface area contributed by atoms with Crippen molar-refractivity contribution in [2.45, 2.75) is 19.8 Å². The number of amides is 2. The average molecular weight is 360 g/mol. The largest absolute Gasteiger partial charge is 0.351 e. The Hall–Kier alpha value is -2.48. The minimum atomic E-state index is -0.334. The molecule has 0 saturated carbocycles. The highest BCUT2D eigenvalue weighted by Gasteiger charge is 2.25. The number of carbonyl (C=O) groups excluding carboxylic acids is 2. The van der Waals surface area contributed by atoms with Crippen LogP contribution in [0.15, 0.2) is 29.3 Å². The van der Waals surface area contributed by atoms with Gasteiger partial charge in [0.2, 0.25) is 0 Å². The Morgan fingerprint density at radius 2 is 2.28 bits per heavy atom. The second-order valence-electron chi connectivity index (χ2n) is 6.18. The van der Waals surface area contributed by atoms with E-state index in [0.717, 1.165) is 23.9 Å². The zero-order valence-electron chi connectivity index (χ0n) is 13.9. The van der Waals surface area contributed by atoms with Gasteiger partial charge >= 0.3 is 0 Å². The van der Waals surface area contributed by atoms with Crippen molar-refractivity contribution in [1.82, 2.24) is 20.2 Å². The first kappa shape index (κ1) is 17.3. The van der Waals surface area contributed by atoms with Crippen molar-refractivity contribution in [3.8, 4) is 0 Å². The summed E-state index contributed by atoms with van der Waals surface area (Å²) in [6.07, 6.45) is 4.30. The molecule has 2 aromatic heterocycles. The highest BCUT2D eigenvalue weighted by atomic mass is 32.1. The molecule has 7 nitrogen and oxygen atoms in total. The number of hydrogen-bond acceptors (Lipinski definition) is 5. The standard InChI is InChI=1S/C17H20N4O3S/c1-11-4-5-14(25-11)16(23)20-7-12-3-2-6-21(10-12)17(24)13-8-19-15(22)9-18-13/h4-5,8-9,12H,2-3,6-7,10H2,1H3,(H,19,22)(H,20,23). The minimum absolute atomic E-state index is 0.0659. The molecule has 0 radical (unpaired) electrons. The van der Waals surface area contributed by atoms with Gasteiger partial charge in [-0.25, -0.2) is 4.98 Å². The molecule has 1 atom stereocenters. The third-order valence-corrected chi connectivity index (χ3v) is 5.21. The van der Waals surface area contributed by atoms with Crippen molar-refractivity contribution in [2.24, 2.45) is 5.92 Å². The first-order valence-corrected chi connectivity index (χ1v) is 9.03. The number of aryl methyl sites for hydroxylation is 1. The van der Waals surface area contributed by atoms with Crippen molar-refractivity contribution < 1.29 is 9.59 Å². The van der Waals surface area contributed by atoms with E-state index in [2.05, 4.69) is 15.3 Å². The van der Waals surface area contributed by atoms with Gasteiger partial charge in [-0.1, -0.05) is 0 Å². The fourth-order valence-electron chi connectivity index (χ4n) is 2.92. The molecule has 3 rings (SSSR count). The molecule has 2 aromatic rings. The van der Waals surface area contributed by atoms with Crippen LogP contribution in [0.1, 0.15) is 37.9 Å². The summed E-state index contributed by atoms with van der Waals surface area (Å²) < 4.78 is 0. The Labute approximate surface area is 149 Å². The summed E-state index contributed by atoms with van der Waals surface area (Å²) in [5, 5.41) is 2.96. The molecule has 25 heavy (non-hydrogen) atoms. The van der Waals surface area contributed by atoms with Gasteiger partial charge in [0.1, 0.15) is 5.69 Å². The summed E-state index contributed by atoms with van der Waals surface area (Å²) in [4.78, 5) is 45.6. The lowest BCUT2D eigenvalue weighted by Crippen LogP contribution is -2.44. The molecule has 0 aromatic carbocycles.